The molecule has 6 nitrogen and oxygen atoms in total. The zero-order chi connectivity index (χ0) is 13.6. The third-order valence-electron chi connectivity index (χ3n) is 3.01. The first-order chi connectivity index (χ1) is 9.09. The van der Waals surface area contributed by atoms with Crippen LogP contribution >= 0.6 is 0 Å². The highest BCUT2D eigenvalue weighted by Crippen LogP contribution is 2.26. The van der Waals surface area contributed by atoms with Gasteiger partial charge in [-0.1, -0.05) is 0 Å². The van der Waals surface area contributed by atoms with Crippen molar-refractivity contribution in [3.8, 4) is 0 Å². The Kier molecular flexibility index (Phi) is 2.31. The normalized spacial score (nSPS) is 13.8. The van der Waals surface area contributed by atoms with E-state index in [1.165, 1.54) is 12.4 Å². The van der Waals surface area contributed by atoms with Gasteiger partial charge in [-0.05, 0) is 30.7 Å². The Bertz CT molecular complexity index is 677. The standard InChI is InChI=1S/C13H10N4O2/c1-7-5-10(16-6-9(7)14)17-12(18)8-3-2-4-15-11(8)13(17)19/h2-6H,14H2,1H3. The van der Waals surface area contributed by atoms with Gasteiger partial charge in [-0.3, -0.25) is 14.6 Å². The van der Waals surface area contributed by atoms with Crippen molar-refractivity contribution in [1.29, 1.82) is 0 Å². The largest absolute Gasteiger partial charge is 0.397 e. The van der Waals surface area contributed by atoms with E-state index in [0.29, 0.717) is 11.3 Å². The van der Waals surface area contributed by atoms with Gasteiger partial charge in [0.1, 0.15) is 11.5 Å². The number of hydrogen-bond donors (Lipinski definition) is 1. The van der Waals surface area contributed by atoms with E-state index in [1.807, 2.05) is 0 Å². The van der Waals surface area contributed by atoms with Crippen LogP contribution in [0.1, 0.15) is 26.4 Å². The molecule has 2 aromatic heterocycles. The summed E-state index contributed by atoms with van der Waals surface area (Å²) in [5.74, 6) is -0.609. The summed E-state index contributed by atoms with van der Waals surface area (Å²) in [7, 11) is 0. The monoisotopic (exact) mass is 254 g/mol. The lowest BCUT2D eigenvalue weighted by Crippen LogP contribution is -2.30. The average molecular weight is 254 g/mol. The van der Waals surface area contributed by atoms with Crippen LogP contribution in [0.5, 0.6) is 0 Å². The molecule has 1 aliphatic heterocycles. The number of aromatic nitrogens is 2. The number of hydrogen-bond acceptors (Lipinski definition) is 5. The van der Waals surface area contributed by atoms with Crippen molar-refractivity contribution in [2.45, 2.75) is 6.92 Å². The molecular formula is C13H10N4O2. The number of amides is 2. The number of imide groups is 1. The van der Waals surface area contributed by atoms with Crippen LogP contribution in [-0.4, -0.2) is 21.8 Å². The van der Waals surface area contributed by atoms with E-state index >= 15 is 0 Å². The molecule has 3 heterocycles. The molecule has 3 rings (SSSR count). The van der Waals surface area contributed by atoms with E-state index in [1.54, 1.807) is 25.1 Å². The molecule has 0 aliphatic carbocycles. The lowest BCUT2D eigenvalue weighted by Gasteiger charge is -2.13. The molecule has 0 saturated heterocycles. The van der Waals surface area contributed by atoms with Gasteiger partial charge in [0.2, 0.25) is 0 Å². The number of fused-ring (bicyclic) bond motifs is 1. The zero-order valence-electron chi connectivity index (χ0n) is 10.1. The van der Waals surface area contributed by atoms with Crippen LogP contribution in [0.15, 0.2) is 30.6 Å². The fourth-order valence-electron chi connectivity index (χ4n) is 1.95. The summed E-state index contributed by atoms with van der Waals surface area (Å²) in [5, 5.41) is 0. The van der Waals surface area contributed by atoms with E-state index < -0.39 is 11.8 Å². The number of anilines is 2. The summed E-state index contributed by atoms with van der Waals surface area (Å²) >= 11 is 0. The van der Waals surface area contributed by atoms with Crippen molar-refractivity contribution in [2.24, 2.45) is 0 Å². The lowest BCUT2D eigenvalue weighted by molar-refractivity contribution is 0.0923. The Labute approximate surface area is 108 Å². The van der Waals surface area contributed by atoms with Crippen molar-refractivity contribution in [1.82, 2.24) is 9.97 Å². The maximum absolute atomic E-state index is 12.2. The highest BCUT2D eigenvalue weighted by Gasteiger charge is 2.38. The Balaban J connectivity index is 2.11. The number of nitrogens with two attached hydrogens (primary N) is 1. The Hall–Kier alpha value is -2.76. The van der Waals surface area contributed by atoms with Crippen molar-refractivity contribution in [3.63, 3.8) is 0 Å². The maximum atomic E-state index is 12.2. The molecule has 0 atom stereocenters. The first kappa shape index (κ1) is 11.3. The van der Waals surface area contributed by atoms with E-state index in [4.69, 9.17) is 5.73 Å². The molecule has 2 aromatic rings. The molecule has 6 heteroatoms. The predicted molar refractivity (Wildman–Crippen MR) is 68.8 cm³/mol. The first-order valence-corrected chi connectivity index (χ1v) is 5.65. The second kappa shape index (κ2) is 3.88. The molecule has 0 radical (unpaired) electrons. The smallest absolute Gasteiger partial charge is 0.285 e. The number of rotatable bonds is 1. The van der Waals surface area contributed by atoms with Crippen molar-refractivity contribution >= 4 is 23.3 Å². The summed E-state index contributed by atoms with van der Waals surface area (Å²) in [6.07, 6.45) is 2.91. The number of carbonyl (C=O) groups excluding carboxylic acids is 2. The highest BCUT2D eigenvalue weighted by molar-refractivity contribution is 6.33. The molecule has 0 fully saturated rings. The van der Waals surface area contributed by atoms with E-state index in [9.17, 15) is 9.59 Å². The maximum Gasteiger partial charge on any atom is 0.285 e. The van der Waals surface area contributed by atoms with Crippen molar-refractivity contribution in [3.05, 3.63) is 47.4 Å². The molecule has 0 bridgehead atoms. The molecule has 0 aromatic carbocycles. The minimum atomic E-state index is -0.461. The van der Waals surface area contributed by atoms with Crippen molar-refractivity contribution in [2.75, 3.05) is 10.6 Å². The number of pyridine rings is 2. The summed E-state index contributed by atoms with van der Waals surface area (Å²) in [4.78, 5) is 33.4. The van der Waals surface area contributed by atoms with Gasteiger partial charge in [0.15, 0.2) is 0 Å². The zero-order valence-corrected chi connectivity index (χ0v) is 10.1. The number of nitrogens with zero attached hydrogens (tertiary/aromatic N) is 3. The van der Waals surface area contributed by atoms with Gasteiger partial charge in [0.05, 0.1) is 17.4 Å². The fraction of sp³-hybridized carbons (Fsp3) is 0.0769. The van der Waals surface area contributed by atoms with Crippen LogP contribution in [0.4, 0.5) is 11.5 Å². The van der Waals surface area contributed by atoms with Gasteiger partial charge in [0.25, 0.3) is 11.8 Å². The SMILES string of the molecule is Cc1cc(N2C(=O)c3cccnc3C2=O)ncc1N. The minimum absolute atomic E-state index is 0.156. The number of nitrogen functional groups attached to an aromatic ring is 1. The highest BCUT2D eigenvalue weighted by atomic mass is 16.2. The van der Waals surface area contributed by atoms with Crippen LogP contribution in [0, 0.1) is 6.92 Å². The quantitative estimate of drug-likeness (QED) is 0.771. The predicted octanol–water partition coefficient (Wildman–Crippen LogP) is 1.17. The fourth-order valence-corrected chi connectivity index (χ4v) is 1.95. The molecule has 19 heavy (non-hydrogen) atoms. The van der Waals surface area contributed by atoms with E-state index in [2.05, 4.69) is 9.97 Å². The first-order valence-electron chi connectivity index (χ1n) is 5.65. The van der Waals surface area contributed by atoms with Crippen LogP contribution < -0.4 is 10.6 Å². The van der Waals surface area contributed by atoms with Crippen LogP contribution in [-0.2, 0) is 0 Å². The molecule has 0 unspecified atom stereocenters. The molecule has 0 saturated carbocycles. The van der Waals surface area contributed by atoms with Crippen LogP contribution in [0.25, 0.3) is 0 Å². The Morgan fingerprint density at radius 3 is 2.68 bits per heavy atom. The topological polar surface area (TPSA) is 89.2 Å². The molecule has 94 valence electrons. The second-order valence-corrected chi connectivity index (χ2v) is 4.24. The summed E-state index contributed by atoms with van der Waals surface area (Å²) in [5.41, 5.74) is 7.40. The van der Waals surface area contributed by atoms with Crippen LogP contribution in [0.3, 0.4) is 0 Å². The second-order valence-electron chi connectivity index (χ2n) is 4.24. The van der Waals surface area contributed by atoms with Crippen LogP contribution in [0.2, 0.25) is 0 Å². The molecule has 2 N–H and O–H groups in total. The van der Waals surface area contributed by atoms with Gasteiger partial charge in [-0.25, -0.2) is 9.88 Å². The van der Waals surface area contributed by atoms with Gasteiger partial charge < -0.3 is 5.73 Å². The van der Waals surface area contributed by atoms with E-state index in [-0.39, 0.29) is 11.5 Å². The average Bonchev–Trinajstić information content (AvgIpc) is 2.66. The third kappa shape index (κ3) is 1.57. The minimum Gasteiger partial charge on any atom is -0.397 e. The third-order valence-corrected chi connectivity index (χ3v) is 3.01. The molecular weight excluding hydrogens is 244 g/mol. The summed E-state index contributed by atoms with van der Waals surface area (Å²) in [6.45, 7) is 1.79. The number of aryl methyl sites for hydroxylation is 1. The lowest BCUT2D eigenvalue weighted by atomic mass is 10.2. The van der Waals surface area contributed by atoms with Crippen molar-refractivity contribution < 1.29 is 9.59 Å². The Morgan fingerprint density at radius 1 is 1.21 bits per heavy atom. The molecule has 0 spiro atoms. The molecule has 1 aliphatic rings. The summed E-state index contributed by atoms with van der Waals surface area (Å²) in [6, 6.07) is 4.80. The van der Waals surface area contributed by atoms with Gasteiger partial charge >= 0.3 is 0 Å². The molecule has 2 amide bonds. The van der Waals surface area contributed by atoms with Gasteiger partial charge in [0, 0.05) is 6.20 Å². The van der Waals surface area contributed by atoms with E-state index in [0.717, 1.165) is 10.5 Å². The van der Waals surface area contributed by atoms with Gasteiger partial charge in [-0.15, -0.1) is 0 Å². The Morgan fingerprint density at radius 2 is 2.00 bits per heavy atom. The number of carbonyl (C=O) groups is 2. The van der Waals surface area contributed by atoms with Gasteiger partial charge in [-0.2, -0.15) is 0 Å². The summed E-state index contributed by atoms with van der Waals surface area (Å²) < 4.78 is 0.